The van der Waals surface area contributed by atoms with Crippen molar-refractivity contribution in [3.63, 3.8) is 0 Å². The van der Waals surface area contributed by atoms with Crippen LogP contribution in [0.5, 0.6) is 0 Å². The van der Waals surface area contributed by atoms with Crippen molar-refractivity contribution in [3.05, 3.63) is 30.6 Å². The molecular weight excluding hydrogens is 236 g/mol. The van der Waals surface area contributed by atoms with Crippen LogP contribution in [-0.2, 0) is 0 Å². The van der Waals surface area contributed by atoms with Crippen molar-refractivity contribution in [2.45, 2.75) is 38.8 Å². The Morgan fingerprint density at radius 1 is 1.32 bits per heavy atom. The molecule has 2 unspecified atom stereocenters. The minimum absolute atomic E-state index is 0.566. The number of hydrogen-bond acceptors (Lipinski definition) is 3. The second-order valence-electron chi connectivity index (χ2n) is 5.27. The van der Waals surface area contributed by atoms with Gasteiger partial charge in [0.05, 0.1) is 0 Å². The molecule has 3 heterocycles. The van der Waals surface area contributed by atoms with Crippen LogP contribution in [0.3, 0.4) is 0 Å². The summed E-state index contributed by atoms with van der Waals surface area (Å²) in [5.41, 5.74) is 1.03. The van der Waals surface area contributed by atoms with E-state index in [-0.39, 0.29) is 0 Å². The molecule has 1 aliphatic heterocycles. The molecule has 1 N–H and O–H groups in total. The number of fused-ring (bicyclic) bond motifs is 1. The van der Waals surface area contributed by atoms with Gasteiger partial charge in [-0.25, -0.2) is 4.98 Å². The highest BCUT2D eigenvalue weighted by Crippen LogP contribution is 2.23. The number of nitrogens with zero attached hydrogens (tertiary/aromatic N) is 3. The molecule has 1 saturated heterocycles. The van der Waals surface area contributed by atoms with Crippen molar-refractivity contribution in [3.8, 4) is 0 Å². The van der Waals surface area contributed by atoms with E-state index in [1.165, 1.54) is 12.2 Å². The molecule has 4 nitrogen and oxygen atoms in total. The zero-order valence-corrected chi connectivity index (χ0v) is 11.7. The highest BCUT2D eigenvalue weighted by atomic mass is 15.3. The average Bonchev–Trinajstić information content (AvgIpc) is 2.94. The van der Waals surface area contributed by atoms with Crippen LogP contribution < -0.4 is 10.2 Å². The molecule has 0 amide bonds. The summed E-state index contributed by atoms with van der Waals surface area (Å²) in [6.45, 7) is 6.66. The maximum absolute atomic E-state index is 4.38. The molecule has 2 aromatic heterocycles. The van der Waals surface area contributed by atoms with Gasteiger partial charge in [0.2, 0.25) is 0 Å². The first-order valence-corrected chi connectivity index (χ1v) is 7.25. The van der Waals surface area contributed by atoms with Crippen LogP contribution in [0.2, 0.25) is 0 Å². The highest BCUT2D eigenvalue weighted by molar-refractivity contribution is 5.52. The number of nitrogens with one attached hydrogen (secondary N) is 1. The molecule has 0 spiro atoms. The van der Waals surface area contributed by atoms with Gasteiger partial charge in [-0.2, -0.15) is 0 Å². The molecule has 2 atom stereocenters. The van der Waals surface area contributed by atoms with Crippen molar-refractivity contribution in [1.82, 2.24) is 14.7 Å². The lowest BCUT2D eigenvalue weighted by molar-refractivity contribution is 0.376. The summed E-state index contributed by atoms with van der Waals surface area (Å²) in [5, 5.41) is 3.64. The zero-order valence-electron chi connectivity index (χ0n) is 11.7. The van der Waals surface area contributed by atoms with E-state index >= 15 is 0 Å². The Kier molecular flexibility index (Phi) is 3.42. The minimum atomic E-state index is 0.566. The van der Waals surface area contributed by atoms with Crippen LogP contribution >= 0.6 is 0 Å². The Bertz CT molecular complexity index is 548. The van der Waals surface area contributed by atoms with Crippen molar-refractivity contribution in [2.24, 2.45) is 0 Å². The quantitative estimate of drug-likeness (QED) is 0.917. The Morgan fingerprint density at radius 3 is 3.00 bits per heavy atom. The maximum Gasteiger partial charge on any atom is 0.138 e. The van der Waals surface area contributed by atoms with Gasteiger partial charge in [-0.3, -0.25) is 4.40 Å². The number of piperazine rings is 1. The van der Waals surface area contributed by atoms with Gasteiger partial charge in [0.25, 0.3) is 0 Å². The second-order valence-corrected chi connectivity index (χ2v) is 5.27. The number of aromatic nitrogens is 2. The zero-order chi connectivity index (χ0) is 13.2. The van der Waals surface area contributed by atoms with Crippen LogP contribution in [0, 0.1) is 0 Å². The van der Waals surface area contributed by atoms with E-state index in [0.29, 0.717) is 12.1 Å². The van der Waals surface area contributed by atoms with E-state index in [1.54, 1.807) is 0 Å². The van der Waals surface area contributed by atoms with Crippen LogP contribution in [0.15, 0.2) is 30.6 Å². The van der Waals surface area contributed by atoms with E-state index in [0.717, 1.165) is 25.2 Å². The van der Waals surface area contributed by atoms with Gasteiger partial charge < -0.3 is 10.2 Å². The molecule has 1 aliphatic rings. The SMILES string of the molecule is CCC1CN(c2cccc3nccn23)C(CC)CN1. The standard InChI is InChI=1S/C15H22N4/c1-3-12-11-19(13(4-2)10-17-12)15-7-5-6-14-16-8-9-18(14)15/h5-9,12-13,17H,3-4,10-11H2,1-2H3. The average molecular weight is 258 g/mol. The normalized spacial score (nSPS) is 24.0. The molecule has 0 aliphatic carbocycles. The molecule has 3 rings (SSSR count). The van der Waals surface area contributed by atoms with Crippen molar-refractivity contribution in [1.29, 1.82) is 0 Å². The Hall–Kier alpha value is -1.55. The Labute approximate surface area is 114 Å². The van der Waals surface area contributed by atoms with Gasteiger partial charge in [-0.15, -0.1) is 0 Å². The number of pyridine rings is 1. The second kappa shape index (κ2) is 5.21. The lowest BCUT2D eigenvalue weighted by Gasteiger charge is -2.41. The molecular formula is C15H22N4. The summed E-state index contributed by atoms with van der Waals surface area (Å²) < 4.78 is 2.20. The van der Waals surface area contributed by atoms with E-state index < -0.39 is 0 Å². The third kappa shape index (κ3) is 2.21. The molecule has 1 fully saturated rings. The monoisotopic (exact) mass is 258 g/mol. The Balaban J connectivity index is 1.99. The van der Waals surface area contributed by atoms with Crippen molar-refractivity contribution in [2.75, 3.05) is 18.0 Å². The first-order chi connectivity index (χ1) is 9.33. The summed E-state index contributed by atoms with van der Waals surface area (Å²) in [6, 6.07) is 7.52. The van der Waals surface area contributed by atoms with Gasteiger partial charge in [0.1, 0.15) is 11.5 Å². The first-order valence-electron chi connectivity index (χ1n) is 7.25. The van der Waals surface area contributed by atoms with E-state index in [2.05, 4.69) is 57.8 Å². The number of imidazole rings is 1. The van der Waals surface area contributed by atoms with Gasteiger partial charge in [0.15, 0.2) is 0 Å². The fourth-order valence-corrected chi connectivity index (χ4v) is 2.95. The molecule has 0 radical (unpaired) electrons. The van der Waals surface area contributed by atoms with Gasteiger partial charge in [0, 0.05) is 37.6 Å². The van der Waals surface area contributed by atoms with E-state index in [4.69, 9.17) is 0 Å². The van der Waals surface area contributed by atoms with Crippen LogP contribution in [-0.4, -0.2) is 34.6 Å². The molecule has 0 saturated carbocycles. The smallest absolute Gasteiger partial charge is 0.138 e. The first kappa shape index (κ1) is 12.5. The molecule has 0 aromatic carbocycles. The number of hydrogen-bond donors (Lipinski definition) is 1. The summed E-state index contributed by atoms with van der Waals surface area (Å²) in [6.07, 6.45) is 6.26. The molecule has 0 bridgehead atoms. The van der Waals surface area contributed by atoms with Crippen LogP contribution in [0.25, 0.3) is 5.65 Å². The molecule has 4 heteroatoms. The molecule has 2 aromatic rings. The van der Waals surface area contributed by atoms with Gasteiger partial charge >= 0.3 is 0 Å². The topological polar surface area (TPSA) is 32.6 Å². The summed E-state index contributed by atoms with van der Waals surface area (Å²) in [7, 11) is 0. The lowest BCUT2D eigenvalue weighted by atomic mass is 10.1. The van der Waals surface area contributed by atoms with Gasteiger partial charge in [-0.05, 0) is 25.0 Å². The van der Waals surface area contributed by atoms with E-state index in [9.17, 15) is 0 Å². The van der Waals surface area contributed by atoms with Gasteiger partial charge in [-0.1, -0.05) is 19.9 Å². The van der Waals surface area contributed by atoms with Crippen molar-refractivity contribution >= 4 is 11.5 Å². The third-order valence-corrected chi connectivity index (χ3v) is 4.17. The Morgan fingerprint density at radius 2 is 2.21 bits per heavy atom. The molecule has 102 valence electrons. The summed E-state index contributed by atoms with van der Waals surface area (Å²) >= 11 is 0. The maximum atomic E-state index is 4.38. The fourth-order valence-electron chi connectivity index (χ4n) is 2.95. The largest absolute Gasteiger partial charge is 0.352 e. The lowest BCUT2D eigenvalue weighted by Crippen LogP contribution is -2.56. The van der Waals surface area contributed by atoms with E-state index in [1.807, 2.05) is 6.20 Å². The predicted molar refractivity (Wildman–Crippen MR) is 78.7 cm³/mol. The predicted octanol–water partition coefficient (Wildman–Crippen LogP) is 2.30. The summed E-state index contributed by atoms with van der Waals surface area (Å²) in [5.74, 6) is 1.27. The van der Waals surface area contributed by atoms with Crippen molar-refractivity contribution < 1.29 is 0 Å². The highest BCUT2D eigenvalue weighted by Gasteiger charge is 2.27. The van der Waals surface area contributed by atoms with Crippen LogP contribution in [0.4, 0.5) is 5.82 Å². The fraction of sp³-hybridized carbons (Fsp3) is 0.533. The number of rotatable bonds is 3. The molecule has 19 heavy (non-hydrogen) atoms. The third-order valence-electron chi connectivity index (χ3n) is 4.17. The summed E-state index contributed by atoms with van der Waals surface area (Å²) in [4.78, 5) is 6.93. The minimum Gasteiger partial charge on any atom is -0.352 e. The van der Waals surface area contributed by atoms with Crippen LogP contribution in [0.1, 0.15) is 26.7 Å². The number of anilines is 1.